The van der Waals surface area contributed by atoms with E-state index in [1.807, 2.05) is 25.7 Å². The fourth-order valence-corrected chi connectivity index (χ4v) is 16.0. The molecule has 4 aliphatic rings. The molecule has 0 saturated heterocycles. The Balaban J connectivity index is 1.44. The van der Waals surface area contributed by atoms with Crippen molar-refractivity contribution in [1.29, 1.82) is 0 Å². The Morgan fingerprint density at radius 1 is 0.624 bits per heavy atom. The quantitative estimate of drug-likeness (QED) is 0.0108. The van der Waals surface area contributed by atoms with Gasteiger partial charge in [-0.15, -0.1) is 11.8 Å². The number of ether oxygens (including phenoxy) is 3. The van der Waals surface area contributed by atoms with Crippen LogP contribution in [0.2, 0.25) is 51.4 Å². The number of carbonyl (C=O) groups is 9. The van der Waals surface area contributed by atoms with Gasteiger partial charge in [0.25, 0.3) is 40.3 Å². The topological polar surface area (TPSA) is 321 Å². The fourth-order valence-electron chi connectivity index (χ4n) is 8.85. The van der Waals surface area contributed by atoms with Crippen molar-refractivity contribution < 1.29 is 62.1 Å². The maximum absolute atomic E-state index is 14.0. The zero-order valence-electron chi connectivity index (χ0n) is 57.4. The summed E-state index contributed by atoms with van der Waals surface area (Å²) >= 11 is 2.64. The molecule has 24 nitrogen and oxygen atoms in total. The van der Waals surface area contributed by atoms with Crippen LogP contribution in [0.4, 0.5) is 4.79 Å². The van der Waals surface area contributed by atoms with Gasteiger partial charge in [-0.2, -0.15) is 4.73 Å². The molecule has 93 heavy (non-hydrogen) atoms. The van der Waals surface area contributed by atoms with Gasteiger partial charge in [-0.25, -0.2) is 19.4 Å². The van der Waals surface area contributed by atoms with Crippen molar-refractivity contribution >= 4 is 93.1 Å². The number of amides is 8. The molecule has 4 bridgehead atoms. The Labute approximate surface area is 560 Å². The van der Waals surface area contributed by atoms with Gasteiger partial charge in [-0.05, 0) is 139 Å². The summed E-state index contributed by atoms with van der Waals surface area (Å²) in [5.74, 6) is -2.76. The first-order valence-electron chi connectivity index (χ1n) is 32.0. The number of benzene rings is 1. The number of unbranched alkanes of at least 4 members (excludes halogenated alkanes) is 1. The van der Waals surface area contributed by atoms with Gasteiger partial charge in [-0.1, -0.05) is 71.8 Å². The summed E-state index contributed by atoms with van der Waals surface area (Å²) in [5.41, 5.74) is -0.782. The Hall–Kier alpha value is -6.60. The summed E-state index contributed by atoms with van der Waals surface area (Å²) in [5, 5.41) is 37.1. The number of thioether (sulfide) groups is 2. The highest BCUT2D eigenvalue weighted by molar-refractivity contribution is 7.99. The summed E-state index contributed by atoms with van der Waals surface area (Å²) < 4.78 is 17.4. The molecule has 3 aromatic rings. The van der Waals surface area contributed by atoms with Crippen LogP contribution in [0.5, 0.6) is 0 Å². The van der Waals surface area contributed by atoms with Gasteiger partial charge in [0.1, 0.15) is 39.6 Å². The average Bonchev–Trinajstić information content (AvgIpc) is 1.55. The molecule has 2 aromatic heterocycles. The number of nitrogens with one attached hydrogen (secondary N) is 8. The monoisotopic (exact) mass is 1370 g/mol. The number of rotatable bonds is 24. The highest BCUT2D eigenvalue weighted by atomic mass is 32.2. The molecule has 7 rings (SSSR count). The summed E-state index contributed by atoms with van der Waals surface area (Å²) in [7, 11) is -3.02. The number of nitrogens with zero attached hydrogens (tertiary/aromatic N) is 3. The third-order valence-corrected chi connectivity index (χ3v) is 20.3. The lowest BCUT2D eigenvalue weighted by molar-refractivity contribution is -0.647. The number of esters is 2. The third kappa shape index (κ3) is 30.6. The number of pyridine rings is 2. The van der Waals surface area contributed by atoms with E-state index < -0.39 is 86.9 Å². The van der Waals surface area contributed by atoms with Crippen LogP contribution in [0, 0.1) is 10.6 Å². The average molecular weight is 1370 g/mol. The Morgan fingerprint density at radius 3 is 1.63 bits per heavy atom. The minimum absolute atomic E-state index is 0.0730. The molecule has 6 heterocycles. The van der Waals surface area contributed by atoms with Crippen LogP contribution >= 0.6 is 23.5 Å². The zero-order valence-corrected chi connectivity index (χ0v) is 61.0. The van der Waals surface area contributed by atoms with E-state index in [4.69, 9.17) is 14.2 Å². The van der Waals surface area contributed by atoms with Gasteiger partial charge in [0.15, 0.2) is 0 Å². The molecule has 1 aromatic carbocycles. The molecule has 8 N–H and O–H groups in total. The molecular formula is C65H103N11O13S2Si2. The predicted molar refractivity (Wildman–Crippen MR) is 369 cm³/mol. The molecule has 516 valence electrons. The van der Waals surface area contributed by atoms with E-state index in [-0.39, 0.29) is 112 Å². The van der Waals surface area contributed by atoms with E-state index in [2.05, 4.69) is 86.8 Å². The second-order valence-corrected chi connectivity index (χ2v) is 42.0. The van der Waals surface area contributed by atoms with Crippen LogP contribution in [-0.2, 0) is 23.8 Å². The van der Waals surface area contributed by atoms with Crippen LogP contribution in [0.3, 0.4) is 0 Å². The Morgan fingerprint density at radius 2 is 1.11 bits per heavy atom. The van der Waals surface area contributed by atoms with Crippen molar-refractivity contribution in [2.24, 2.45) is 5.41 Å². The SMILES string of the molecule is CC(C)(C)CC[C@H](NC(=O)N[C@@H](CCCCNC(=O)c1ccc(C(=O)NCCN2CCNC(=O)c3ccc(nc3SCC[Si](C)(C)C)C(=O)NCCOCCNC(=O)c3ccc(c(SCC[Si](C)(C)C)[n+]3[O-])C(=O)NCC2)cc1)C(=O)OC(C)(C)C)C(=O)OC(C)(C)C. The highest BCUT2D eigenvalue weighted by Gasteiger charge is 2.33. The van der Waals surface area contributed by atoms with Crippen molar-refractivity contribution in [2.45, 2.75) is 179 Å². The molecule has 0 aliphatic carbocycles. The van der Waals surface area contributed by atoms with E-state index in [0.29, 0.717) is 63.6 Å². The fraction of sp³-hybridized carbons (Fsp3) is 0.615. The minimum atomic E-state index is -1.55. The van der Waals surface area contributed by atoms with E-state index in [0.717, 1.165) is 12.1 Å². The van der Waals surface area contributed by atoms with Crippen molar-refractivity contribution in [3.8, 4) is 0 Å². The van der Waals surface area contributed by atoms with E-state index in [9.17, 15) is 48.4 Å². The van der Waals surface area contributed by atoms with Crippen LogP contribution in [0.1, 0.15) is 157 Å². The lowest BCUT2D eigenvalue weighted by Crippen LogP contribution is -2.53. The van der Waals surface area contributed by atoms with Crippen LogP contribution in [0.25, 0.3) is 0 Å². The molecule has 0 saturated carbocycles. The molecule has 0 radical (unpaired) electrons. The molecule has 0 unspecified atom stereocenters. The highest BCUT2D eigenvalue weighted by Crippen LogP contribution is 2.27. The van der Waals surface area contributed by atoms with E-state index in [1.165, 1.54) is 66.0 Å². The molecule has 2 atom stereocenters. The molecule has 28 heteroatoms. The van der Waals surface area contributed by atoms with Crippen LogP contribution < -0.4 is 47.3 Å². The maximum Gasteiger partial charge on any atom is 0.329 e. The van der Waals surface area contributed by atoms with Crippen molar-refractivity contribution in [1.82, 2.24) is 52.4 Å². The Kier molecular flexibility index (Phi) is 31.3. The summed E-state index contributed by atoms with van der Waals surface area (Å²) in [6.45, 7) is 31.8. The van der Waals surface area contributed by atoms with Gasteiger partial charge in [0.05, 0.1) is 18.8 Å². The number of carbonyl (C=O) groups excluding carboxylic acids is 9. The summed E-state index contributed by atoms with van der Waals surface area (Å²) in [6.07, 6.45) is 1.97. The first-order valence-corrected chi connectivity index (χ1v) is 41.4. The second-order valence-electron chi connectivity index (χ2n) is 28.6. The zero-order chi connectivity index (χ0) is 69.3. The van der Waals surface area contributed by atoms with Crippen molar-refractivity contribution in [3.05, 3.63) is 87.4 Å². The normalized spacial score (nSPS) is 15.4. The lowest BCUT2D eigenvalue weighted by Gasteiger charge is -2.28. The Bertz CT molecular complexity index is 3030. The minimum Gasteiger partial charge on any atom is -0.617 e. The molecule has 8 amide bonds. The lowest BCUT2D eigenvalue weighted by atomic mass is 9.88. The molecular weight excluding hydrogens is 1260 g/mol. The number of aromatic nitrogens is 2. The van der Waals surface area contributed by atoms with E-state index >= 15 is 0 Å². The molecule has 4 aliphatic heterocycles. The van der Waals surface area contributed by atoms with Gasteiger partial charge >= 0.3 is 23.9 Å². The second kappa shape index (κ2) is 36.9. The summed E-state index contributed by atoms with van der Waals surface area (Å²) in [6, 6.07) is 11.1. The summed E-state index contributed by atoms with van der Waals surface area (Å²) in [4.78, 5) is 128. The standard InChI is InChI=1S/C65H103N11O13S2Si2/c1-63(2,3)28-27-50(61(84)89-65(7,8)9)74-62(85)73-49(60(83)88-64(4,5)6)18-16-17-29-66-52(77)44-19-21-45(22-20-44)53(78)67-30-35-75-36-31-68-54(79)46-23-25-48(72-58(46)90-40-42-92(10,11)12)56(81)70-33-38-87-39-34-71-57(82)51-26-24-47(55(80)69-32-37-75)59(76(51)86)91-41-43-93(13,14)15/h19-26,49-50H,16-18,27-43H2,1-15H3,(H,66,77)(H,67,78)(H,68,79)(H,69,80)(H,70,81)(H,71,82)(H2,73,74,85)/t49-,50-/m0/s1. The van der Waals surface area contributed by atoms with E-state index in [1.54, 1.807) is 47.6 Å². The molecule has 0 spiro atoms. The van der Waals surface area contributed by atoms with Crippen LogP contribution in [-0.4, -0.2) is 186 Å². The smallest absolute Gasteiger partial charge is 0.329 e. The third-order valence-electron chi connectivity index (χ3n) is 14.0. The van der Waals surface area contributed by atoms with Crippen molar-refractivity contribution in [3.63, 3.8) is 0 Å². The van der Waals surface area contributed by atoms with Crippen LogP contribution in [0.15, 0.2) is 58.6 Å². The van der Waals surface area contributed by atoms with Crippen molar-refractivity contribution in [2.75, 3.05) is 83.6 Å². The first kappa shape index (κ1) is 78.8. The van der Waals surface area contributed by atoms with Gasteiger partial charge in [0, 0.05) is 98.0 Å². The van der Waals surface area contributed by atoms with Gasteiger partial charge in [-0.3, -0.25) is 33.7 Å². The predicted octanol–water partition coefficient (Wildman–Crippen LogP) is 7.40. The number of urea groups is 1. The number of hydrogen-bond donors (Lipinski definition) is 8. The largest absolute Gasteiger partial charge is 0.617 e. The van der Waals surface area contributed by atoms with Gasteiger partial charge in [0.2, 0.25) is 0 Å². The first-order chi connectivity index (χ1) is 43.4. The maximum atomic E-state index is 14.0. The molecule has 0 fully saturated rings. The van der Waals surface area contributed by atoms with Gasteiger partial charge < -0.3 is 62.0 Å². The number of hydrogen-bond acceptors (Lipinski definition) is 17.